The molecule has 7 nitrogen and oxygen atoms in total. The molecule has 2 fully saturated rings. The number of nitrogens with zero attached hydrogens (tertiary/aromatic N) is 6. The lowest BCUT2D eigenvalue weighted by molar-refractivity contribution is 0.0746. The highest BCUT2D eigenvalue weighted by Gasteiger charge is 2.25. The molecule has 0 spiro atoms. The number of rotatable bonds is 4. The average Bonchev–Trinajstić information content (AvgIpc) is 3.20. The van der Waals surface area contributed by atoms with Gasteiger partial charge >= 0.3 is 0 Å². The Hall–Kier alpha value is -2.70. The Morgan fingerprint density at radius 2 is 1.79 bits per heavy atom. The third kappa shape index (κ3) is 4.33. The van der Waals surface area contributed by atoms with Crippen LogP contribution in [0.4, 0.5) is 11.8 Å². The normalized spacial score (nSPS) is 19.9. The van der Waals surface area contributed by atoms with Crippen LogP contribution >= 0.6 is 0 Å². The number of anilines is 2. The first-order valence-electron chi connectivity index (χ1n) is 10.6. The fourth-order valence-corrected chi connectivity index (χ4v) is 4.00. The second-order valence-electron chi connectivity index (χ2n) is 8.46. The molecule has 7 heteroatoms. The molecule has 2 aliphatic rings. The maximum Gasteiger partial charge on any atom is 0.254 e. The highest BCUT2D eigenvalue weighted by molar-refractivity contribution is 5.95. The number of hydrogen-bond acceptors (Lipinski definition) is 6. The Labute approximate surface area is 172 Å². The molecule has 1 amide bonds. The standard InChI is InChI=1S/C22H30N6O/c1-16(2)19-5-8-24-22(25-19)27-12-10-26(11-13-27)21(29)18-4-7-23-20(14-18)28-9-6-17(3)15-28/h4-5,7-8,14,16-17H,6,9-13,15H2,1-3H3. The Morgan fingerprint density at radius 3 is 2.48 bits per heavy atom. The molecule has 2 aromatic heterocycles. The van der Waals surface area contributed by atoms with Crippen LogP contribution in [0.2, 0.25) is 0 Å². The van der Waals surface area contributed by atoms with Gasteiger partial charge in [-0.05, 0) is 36.5 Å². The Bertz CT molecular complexity index is 862. The molecule has 1 unspecified atom stereocenters. The van der Waals surface area contributed by atoms with E-state index in [2.05, 4.69) is 45.5 Å². The van der Waals surface area contributed by atoms with E-state index in [1.165, 1.54) is 6.42 Å². The van der Waals surface area contributed by atoms with Crippen molar-refractivity contribution >= 4 is 17.7 Å². The first-order valence-corrected chi connectivity index (χ1v) is 10.6. The molecule has 2 aromatic rings. The zero-order chi connectivity index (χ0) is 20.4. The summed E-state index contributed by atoms with van der Waals surface area (Å²) in [5.74, 6) is 2.81. The molecular formula is C22H30N6O. The van der Waals surface area contributed by atoms with E-state index in [9.17, 15) is 4.79 Å². The molecule has 0 saturated carbocycles. The molecule has 0 bridgehead atoms. The summed E-state index contributed by atoms with van der Waals surface area (Å²) in [7, 11) is 0. The third-order valence-corrected chi connectivity index (χ3v) is 5.85. The van der Waals surface area contributed by atoms with E-state index in [4.69, 9.17) is 0 Å². The lowest BCUT2D eigenvalue weighted by Crippen LogP contribution is -2.49. The van der Waals surface area contributed by atoms with Crippen LogP contribution in [0.15, 0.2) is 30.6 Å². The van der Waals surface area contributed by atoms with Crippen molar-refractivity contribution < 1.29 is 4.79 Å². The summed E-state index contributed by atoms with van der Waals surface area (Å²) in [6.07, 6.45) is 4.77. The summed E-state index contributed by atoms with van der Waals surface area (Å²) in [4.78, 5) is 33.0. The Balaban J connectivity index is 1.40. The molecule has 29 heavy (non-hydrogen) atoms. The minimum Gasteiger partial charge on any atom is -0.356 e. The van der Waals surface area contributed by atoms with Gasteiger partial charge < -0.3 is 14.7 Å². The molecule has 0 radical (unpaired) electrons. The minimum atomic E-state index is 0.0809. The van der Waals surface area contributed by atoms with Crippen molar-refractivity contribution in [3.05, 3.63) is 41.9 Å². The van der Waals surface area contributed by atoms with E-state index >= 15 is 0 Å². The van der Waals surface area contributed by atoms with Crippen LogP contribution < -0.4 is 9.80 Å². The molecule has 0 N–H and O–H groups in total. The van der Waals surface area contributed by atoms with Crippen LogP contribution in [-0.2, 0) is 0 Å². The summed E-state index contributed by atoms with van der Waals surface area (Å²) >= 11 is 0. The maximum absolute atomic E-state index is 13.0. The Kier molecular flexibility index (Phi) is 5.65. The molecule has 4 rings (SSSR count). The van der Waals surface area contributed by atoms with Crippen LogP contribution in [0.1, 0.15) is 49.2 Å². The molecular weight excluding hydrogens is 364 g/mol. The van der Waals surface area contributed by atoms with Crippen molar-refractivity contribution in [1.29, 1.82) is 0 Å². The largest absolute Gasteiger partial charge is 0.356 e. The van der Waals surface area contributed by atoms with Crippen LogP contribution in [-0.4, -0.2) is 65.0 Å². The fraction of sp³-hybridized carbons (Fsp3) is 0.545. The van der Waals surface area contributed by atoms with Crippen molar-refractivity contribution in [1.82, 2.24) is 19.9 Å². The van der Waals surface area contributed by atoms with Gasteiger partial charge in [-0.15, -0.1) is 0 Å². The average molecular weight is 395 g/mol. The first-order chi connectivity index (χ1) is 14.0. The smallest absolute Gasteiger partial charge is 0.254 e. The van der Waals surface area contributed by atoms with Gasteiger partial charge in [0.2, 0.25) is 5.95 Å². The first kappa shape index (κ1) is 19.6. The number of hydrogen-bond donors (Lipinski definition) is 0. The van der Waals surface area contributed by atoms with Gasteiger partial charge in [0.1, 0.15) is 5.82 Å². The number of piperazine rings is 1. The summed E-state index contributed by atoms with van der Waals surface area (Å²) < 4.78 is 0. The van der Waals surface area contributed by atoms with Crippen molar-refractivity contribution in [3.8, 4) is 0 Å². The minimum absolute atomic E-state index is 0.0809. The zero-order valence-corrected chi connectivity index (χ0v) is 17.6. The summed E-state index contributed by atoms with van der Waals surface area (Å²) in [5, 5.41) is 0. The zero-order valence-electron chi connectivity index (χ0n) is 17.6. The quantitative estimate of drug-likeness (QED) is 0.795. The van der Waals surface area contributed by atoms with Crippen molar-refractivity contribution in [2.75, 3.05) is 49.1 Å². The second kappa shape index (κ2) is 8.35. The predicted octanol–water partition coefficient (Wildman–Crippen LogP) is 2.80. The van der Waals surface area contributed by atoms with Crippen LogP contribution in [0.5, 0.6) is 0 Å². The van der Waals surface area contributed by atoms with E-state index in [1.807, 2.05) is 29.3 Å². The van der Waals surface area contributed by atoms with Crippen molar-refractivity contribution in [3.63, 3.8) is 0 Å². The van der Waals surface area contributed by atoms with Gasteiger partial charge in [-0.2, -0.15) is 0 Å². The van der Waals surface area contributed by atoms with Crippen molar-refractivity contribution in [2.45, 2.75) is 33.1 Å². The van der Waals surface area contributed by atoms with Gasteiger partial charge in [-0.25, -0.2) is 15.0 Å². The molecule has 0 aromatic carbocycles. The SMILES string of the molecule is CC1CCN(c2cc(C(=O)N3CCN(c4nccc(C(C)C)n4)CC3)ccn2)C1. The second-order valence-corrected chi connectivity index (χ2v) is 8.46. The number of aromatic nitrogens is 3. The summed E-state index contributed by atoms with van der Waals surface area (Å²) in [6, 6.07) is 5.74. The predicted molar refractivity (Wildman–Crippen MR) is 114 cm³/mol. The Morgan fingerprint density at radius 1 is 1.03 bits per heavy atom. The molecule has 1 atom stereocenters. The van der Waals surface area contributed by atoms with E-state index in [0.29, 0.717) is 24.9 Å². The number of pyridine rings is 1. The van der Waals surface area contributed by atoms with Gasteiger partial charge in [0.25, 0.3) is 5.91 Å². The number of carbonyl (C=O) groups excluding carboxylic acids is 1. The van der Waals surface area contributed by atoms with Gasteiger partial charge in [0, 0.05) is 62.9 Å². The van der Waals surface area contributed by atoms with Gasteiger partial charge in [-0.1, -0.05) is 20.8 Å². The number of carbonyl (C=O) groups is 1. The van der Waals surface area contributed by atoms with Gasteiger partial charge in [0.05, 0.1) is 0 Å². The molecule has 2 aliphatic heterocycles. The van der Waals surface area contributed by atoms with Crippen molar-refractivity contribution in [2.24, 2.45) is 5.92 Å². The maximum atomic E-state index is 13.0. The lowest BCUT2D eigenvalue weighted by Gasteiger charge is -2.35. The molecule has 0 aliphatic carbocycles. The third-order valence-electron chi connectivity index (χ3n) is 5.85. The van der Waals surface area contributed by atoms with Crippen LogP contribution in [0.3, 0.4) is 0 Å². The van der Waals surface area contributed by atoms with E-state index in [0.717, 1.165) is 49.2 Å². The monoisotopic (exact) mass is 394 g/mol. The van der Waals surface area contributed by atoms with Gasteiger partial charge in [-0.3, -0.25) is 4.79 Å². The fourth-order valence-electron chi connectivity index (χ4n) is 4.00. The van der Waals surface area contributed by atoms with Gasteiger partial charge in [0.15, 0.2) is 0 Å². The highest BCUT2D eigenvalue weighted by Crippen LogP contribution is 2.23. The van der Waals surface area contributed by atoms with Crippen LogP contribution in [0, 0.1) is 5.92 Å². The summed E-state index contributed by atoms with van der Waals surface area (Å²) in [5.41, 5.74) is 1.77. The lowest BCUT2D eigenvalue weighted by atomic mass is 10.1. The highest BCUT2D eigenvalue weighted by atomic mass is 16.2. The van der Waals surface area contributed by atoms with Crippen LogP contribution in [0.25, 0.3) is 0 Å². The van der Waals surface area contributed by atoms with E-state index in [1.54, 1.807) is 6.20 Å². The molecule has 4 heterocycles. The summed E-state index contributed by atoms with van der Waals surface area (Å²) in [6.45, 7) is 11.4. The number of amides is 1. The topological polar surface area (TPSA) is 65.5 Å². The van der Waals surface area contributed by atoms with E-state index < -0.39 is 0 Å². The molecule has 154 valence electrons. The van der Waals surface area contributed by atoms with E-state index in [-0.39, 0.29) is 5.91 Å². The molecule has 2 saturated heterocycles.